The van der Waals surface area contributed by atoms with Gasteiger partial charge in [0.1, 0.15) is 12.5 Å². The number of rotatable bonds is 3. The summed E-state index contributed by atoms with van der Waals surface area (Å²) in [6.45, 7) is 4.49. The minimum atomic E-state index is 0.104. The predicted molar refractivity (Wildman–Crippen MR) is 61.5 cm³/mol. The summed E-state index contributed by atoms with van der Waals surface area (Å²) in [4.78, 5) is 0. The molecular weight excluding hydrogens is 189 g/mol. The zero-order valence-corrected chi connectivity index (χ0v) is 9.19. The standard InChI is InChI=1S/C11H16BNO2/c1-3-9-8-5-4-6-10(14-7-13)11(8)12(2)15-9/h4-6,9H,3,7,13H2,1-2H3/t9-/m1/s1. The highest BCUT2D eigenvalue weighted by Gasteiger charge is 2.33. The van der Waals surface area contributed by atoms with E-state index in [2.05, 4.69) is 19.8 Å². The number of nitrogens with two attached hydrogens (primary N) is 1. The largest absolute Gasteiger partial charge is 0.479 e. The molecule has 0 fully saturated rings. The second-order valence-corrected chi connectivity index (χ2v) is 3.75. The maximum absolute atomic E-state index is 5.85. The Labute approximate surface area is 90.7 Å². The van der Waals surface area contributed by atoms with Gasteiger partial charge >= 0.3 is 6.92 Å². The van der Waals surface area contributed by atoms with Crippen molar-refractivity contribution < 1.29 is 9.39 Å². The predicted octanol–water partition coefficient (Wildman–Crippen LogP) is 1.29. The van der Waals surface area contributed by atoms with Crippen molar-refractivity contribution in [1.82, 2.24) is 0 Å². The normalized spacial score (nSPS) is 19.1. The second-order valence-electron chi connectivity index (χ2n) is 3.75. The monoisotopic (exact) mass is 205 g/mol. The first-order valence-electron chi connectivity index (χ1n) is 5.39. The van der Waals surface area contributed by atoms with Crippen LogP contribution in [0.1, 0.15) is 25.0 Å². The van der Waals surface area contributed by atoms with Gasteiger partial charge < -0.3 is 9.39 Å². The molecule has 1 aromatic rings. The Bertz CT molecular complexity index is 356. The van der Waals surface area contributed by atoms with Gasteiger partial charge in [0.05, 0.1) is 6.10 Å². The van der Waals surface area contributed by atoms with Gasteiger partial charge in [0, 0.05) is 0 Å². The Morgan fingerprint density at radius 1 is 1.53 bits per heavy atom. The molecule has 0 aliphatic carbocycles. The summed E-state index contributed by atoms with van der Waals surface area (Å²) in [5, 5.41) is 0. The number of fused-ring (bicyclic) bond motifs is 1. The summed E-state index contributed by atoms with van der Waals surface area (Å²) in [5.41, 5.74) is 7.81. The van der Waals surface area contributed by atoms with E-state index in [0.29, 0.717) is 0 Å². The van der Waals surface area contributed by atoms with Crippen molar-refractivity contribution in [3.63, 3.8) is 0 Å². The summed E-state index contributed by atoms with van der Waals surface area (Å²) in [6.07, 6.45) is 1.19. The van der Waals surface area contributed by atoms with Crippen LogP contribution in [0.3, 0.4) is 0 Å². The molecule has 1 aliphatic heterocycles. The molecule has 4 heteroatoms. The molecular formula is C11H16BNO2. The van der Waals surface area contributed by atoms with Gasteiger partial charge in [-0.3, -0.25) is 5.73 Å². The number of hydrogen-bond acceptors (Lipinski definition) is 3. The molecule has 3 nitrogen and oxygen atoms in total. The van der Waals surface area contributed by atoms with Gasteiger partial charge in [0.25, 0.3) is 0 Å². The molecule has 0 unspecified atom stereocenters. The van der Waals surface area contributed by atoms with Gasteiger partial charge in [-0.2, -0.15) is 0 Å². The first-order chi connectivity index (χ1) is 7.27. The fraction of sp³-hybridized carbons (Fsp3) is 0.455. The van der Waals surface area contributed by atoms with E-state index in [0.717, 1.165) is 17.6 Å². The Balaban J connectivity index is 2.42. The molecule has 1 atom stereocenters. The van der Waals surface area contributed by atoms with E-state index >= 15 is 0 Å². The van der Waals surface area contributed by atoms with Gasteiger partial charge in [-0.1, -0.05) is 25.9 Å². The first kappa shape index (κ1) is 10.5. The highest BCUT2D eigenvalue weighted by Crippen LogP contribution is 2.30. The SMILES string of the molecule is CC[C@H]1OB(C)c2c(OCN)cccc21. The van der Waals surface area contributed by atoms with Crippen LogP contribution in [0.2, 0.25) is 6.82 Å². The Morgan fingerprint density at radius 3 is 3.00 bits per heavy atom. The lowest BCUT2D eigenvalue weighted by atomic mass is 9.63. The van der Waals surface area contributed by atoms with Crippen molar-refractivity contribution in [1.29, 1.82) is 0 Å². The maximum Gasteiger partial charge on any atom is 0.328 e. The first-order valence-corrected chi connectivity index (χ1v) is 5.39. The summed E-state index contributed by atoms with van der Waals surface area (Å²) in [7, 11) is 0. The van der Waals surface area contributed by atoms with E-state index in [1.165, 1.54) is 5.56 Å². The van der Waals surface area contributed by atoms with E-state index in [1.807, 2.05) is 12.1 Å². The Hall–Kier alpha value is -0.995. The van der Waals surface area contributed by atoms with E-state index < -0.39 is 0 Å². The third kappa shape index (κ3) is 1.75. The molecule has 0 saturated heterocycles. The van der Waals surface area contributed by atoms with Crippen molar-refractivity contribution >= 4 is 12.4 Å². The third-order valence-corrected chi connectivity index (χ3v) is 2.83. The topological polar surface area (TPSA) is 44.5 Å². The minimum absolute atomic E-state index is 0.104. The van der Waals surface area contributed by atoms with E-state index in [1.54, 1.807) is 0 Å². The average molecular weight is 205 g/mol. The number of ether oxygens (including phenoxy) is 1. The van der Waals surface area contributed by atoms with Gasteiger partial charge in [-0.25, -0.2) is 0 Å². The molecule has 15 heavy (non-hydrogen) atoms. The molecule has 1 aliphatic rings. The fourth-order valence-electron chi connectivity index (χ4n) is 2.20. The van der Waals surface area contributed by atoms with Crippen LogP contribution in [-0.4, -0.2) is 13.6 Å². The van der Waals surface area contributed by atoms with E-state index in [-0.39, 0.29) is 19.8 Å². The van der Waals surface area contributed by atoms with Crippen molar-refractivity contribution in [2.75, 3.05) is 6.73 Å². The zero-order chi connectivity index (χ0) is 10.8. The quantitative estimate of drug-likeness (QED) is 0.597. The van der Waals surface area contributed by atoms with Crippen LogP contribution in [0.4, 0.5) is 0 Å². The van der Waals surface area contributed by atoms with Crippen LogP contribution in [0, 0.1) is 0 Å². The molecule has 0 bridgehead atoms. The zero-order valence-electron chi connectivity index (χ0n) is 9.19. The number of hydrogen-bond donors (Lipinski definition) is 1. The van der Waals surface area contributed by atoms with E-state index in [4.69, 9.17) is 15.1 Å². The summed E-state index contributed by atoms with van der Waals surface area (Å²) in [5.74, 6) is 0.860. The molecule has 0 radical (unpaired) electrons. The van der Waals surface area contributed by atoms with Gasteiger partial charge in [0.15, 0.2) is 0 Å². The van der Waals surface area contributed by atoms with E-state index in [9.17, 15) is 0 Å². The van der Waals surface area contributed by atoms with Crippen molar-refractivity contribution in [3.8, 4) is 5.75 Å². The number of benzene rings is 1. The lowest BCUT2D eigenvalue weighted by Gasteiger charge is -2.10. The Morgan fingerprint density at radius 2 is 2.33 bits per heavy atom. The molecule has 0 aromatic heterocycles. The van der Waals surface area contributed by atoms with Gasteiger partial charge in [-0.05, 0) is 23.5 Å². The molecule has 2 N–H and O–H groups in total. The lowest BCUT2D eigenvalue weighted by Crippen LogP contribution is -2.27. The van der Waals surface area contributed by atoms with Gasteiger partial charge in [0.2, 0.25) is 0 Å². The van der Waals surface area contributed by atoms with Crippen LogP contribution in [-0.2, 0) is 4.65 Å². The Kier molecular flexibility index (Phi) is 2.98. The average Bonchev–Trinajstić information content (AvgIpc) is 2.57. The smallest absolute Gasteiger partial charge is 0.328 e. The highest BCUT2D eigenvalue weighted by atomic mass is 16.5. The van der Waals surface area contributed by atoms with Crippen molar-refractivity contribution in [2.24, 2.45) is 5.73 Å². The van der Waals surface area contributed by atoms with Crippen LogP contribution in [0.15, 0.2) is 18.2 Å². The lowest BCUT2D eigenvalue weighted by molar-refractivity contribution is 0.221. The minimum Gasteiger partial charge on any atom is -0.479 e. The molecule has 1 heterocycles. The highest BCUT2D eigenvalue weighted by molar-refractivity contribution is 6.68. The maximum atomic E-state index is 5.85. The molecule has 1 aromatic carbocycles. The molecule has 2 rings (SSSR count). The second kappa shape index (κ2) is 4.25. The molecule has 0 saturated carbocycles. The molecule has 0 amide bonds. The van der Waals surface area contributed by atoms with Crippen LogP contribution in [0.25, 0.3) is 0 Å². The molecule has 0 spiro atoms. The van der Waals surface area contributed by atoms with Crippen LogP contribution >= 0.6 is 0 Å². The van der Waals surface area contributed by atoms with Crippen molar-refractivity contribution in [3.05, 3.63) is 23.8 Å². The third-order valence-electron chi connectivity index (χ3n) is 2.83. The summed E-state index contributed by atoms with van der Waals surface area (Å²) < 4.78 is 11.3. The van der Waals surface area contributed by atoms with Gasteiger partial charge in [-0.15, -0.1) is 0 Å². The molecule has 80 valence electrons. The fourth-order valence-corrected chi connectivity index (χ4v) is 2.20. The summed E-state index contributed by atoms with van der Waals surface area (Å²) >= 11 is 0. The summed E-state index contributed by atoms with van der Waals surface area (Å²) in [6, 6.07) is 6.05. The van der Waals surface area contributed by atoms with Crippen LogP contribution in [0.5, 0.6) is 5.75 Å². The van der Waals surface area contributed by atoms with Crippen LogP contribution < -0.4 is 15.9 Å². The van der Waals surface area contributed by atoms with Crippen molar-refractivity contribution in [2.45, 2.75) is 26.3 Å².